The molecular formula is C7H3F3INO. The van der Waals surface area contributed by atoms with Gasteiger partial charge in [0.05, 0.1) is 5.56 Å². The Labute approximate surface area is 85.3 Å². The molecule has 13 heavy (non-hydrogen) atoms. The summed E-state index contributed by atoms with van der Waals surface area (Å²) in [6.07, 6.45) is -3.38. The summed E-state index contributed by atoms with van der Waals surface area (Å²) in [6.45, 7) is 0. The van der Waals surface area contributed by atoms with E-state index in [0.717, 1.165) is 6.20 Å². The number of pyridine rings is 1. The van der Waals surface area contributed by atoms with Crippen LogP contribution in [0, 0.1) is 3.57 Å². The number of aromatic nitrogens is 1. The van der Waals surface area contributed by atoms with Gasteiger partial charge in [-0.05, 0) is 28.7 Å². The standard InChI is InChI=1S/C7H3F3INO/c8-7(9,10)6-4(3-13)5(11)1-2-12-6/h1-3H. The van der Waals surface area contributed by atoms with Crippen LogP contribution in [0.2, 0.25) is 0 Å². The van der Waals surface area contributed by atoms with Crippen molar-refractivity contribution in [3.63, 3.8) is 0 Å². The molecule has 2 nitrogen and oxygen atoms in total. The highest BCUT2D eigenvalue weighted by molar-refractivity contribution is 14.1. The number of nitrogens with zero attached hydrogens (tertiary/aromatic N) is 1. The van der Waals surface area contributed by atoms with Crippen molar-refractivity contribution in [3.8, 4) is 0 Å². The molecule has 0 aromatic carbocycles. The number of alkyl halides is 3. The van der Waals surface area contributed by atoms with Gasteiger partial charge >= 0.3 is 6.18 Å². The maximum atomic E-state index is 12.2. The van der Waals surface area contributed by atoms with E-state index in [2.05, 4.69) is 4.98 Å². The van der Waals surface area contributed by atoms with Crippen molar-refractivity contribution in [1.29, 1.82) is 0 Å². The Hall–Kier alpha value is -0.660. The van der Waals surface area contributed by atoms with Crippen LogP contribution in [0.5, 0.6) is 0 Å². The average molecular weight is 301 g/mol. The predicted molar refractivity (Wildman–Crippen MR) is 47.3 cm³/mol. The van der Waals surface area contributed by atoms with Crippen LogP contribution < -0.4 is 0 Å². The van der Waals surface area contributed by atoms with Gasteiger partial charge in [0, 0.05) is 9.77 Å². The molecule has 0 amide bonds. The Morgan fingerprint density at radius 2 is 2.08 bits per heavy atom. The topological polar surface area (TPSA) is 30.0 Å². The summed E-state index contributed by atoms with van der Waals surface area (Å²) in [7, 11) is 0. The summed E-state index contributed by atoms with van der Waals surface area (Å²) in [4.78, 5) is 13.5. The van der Waals surface area contributed by atoms with Crippen LogP contribution in [0.3, 0.4) is 0 Å². The quantitative estimate of drug-likeness (QED) is 0.589. The van der Waals surface area contributed by atoms with E-state index in [0.29, 0.717) is 0 Å². The SMILES string of the molecule is O=Cc1c(I)ccnc1C(F)(F)F. The van der Waals surface area contributed by atoms with Crippen LogP contribution in [0.4, 0.5) is 13.2 Å². The largest absolute Gasteiger partial charge is 0.434 e. The molecule has 0 aliphatic carbocycles. The Kier molecular flexibility index (Phi) is 2.89. The number of hydrogen-bond donors (Lipinski definition) is 0. The fourth-order valence-electron chi connectivity index (χ4n) is 0.788. The molecule has 1 aromatic heterocycles. The second-order valence-corrected chi connectivity index (χ2v) is 3.33. The Morgan fingerprint density at radius 3 is 2.46 bits per heavy atom. The molecule has 1 heterocycles. The number of halogens is 4. The van der Waals surface area contributed by atoms with Crippen LogP contribution in [-0.4, -0.2) is 11.3 Å². The van der Waals surface area contributed by atoms with Gasteiger partial charge in [-0.25, -0.2) is 0 Å². The van der Waals surface area contributed by atoms with Gasteiger partial charge in [0.2, 0.25) is 0 Å². The fraction of sp³-hybridized carbons (Fsp3) is 0.143. The van der Waals surface area contributed by atoms with Crippen molar-refractivity contribution in [2.45, 2.75) is 6.18 Å². The van der Waals surface area contributed by atoms with Crippen molar-refractivity contribution >= 4 is 28.9 Å². The van der Waals surface area contributed by atoms with Crippen LogP contribution in [0.25, 0.3) is 0 Å². The van der Waals surface area contributed by atoms with Gasteiger partial charge in [0.25, 0.3) is 0 Å². The Balaban J connectivity index is 3.37. The van der Waals surface area contributed by atoms with Gasteiger partial charge in [-0.1, -0.05) is 0 Å². The van der Waals surface area contributed by atoms with E-state index in [1.54, 1.807) is 22.6 Å². The van der Waals surface area contributed by atoms with Crippen molar-refractivity contribution < 1.29 is 18.0 Å². The van der Waals surface area contributed by atoms with Crippen LogP contribution in [-0.2, 0) is 6.18 Å². The van der Waals surface area contributed by atoms with Gasteiger partial charge in [-0.15, -0.1) is 0 Å². The molecule has 0 aliphatic rings. The summed E-state index contributed by atoms with van der Waals surface area (Å²) < 4.78 is 36.8. The summed E-state index contributed by atoms with van der Waals surface area (Å²) in [5, 5.41) is 0. The van der Waals surface area contributed by atoms with Gasteiger partial charge < -0.3 is 0 Å². The smallest absolute Gasteiger partial charge is 0.298 e. The van der Waals surface area contributed by atoms with E-state index in [4.69, 9.17) is 0 Å². The molecule has 6 heteroatoms. The van der Waals surface area contributed by atoms with Crippen molar-refractivity contribution in [2.75, 3.05) is 0 Å². The van der Waals surface area contributed by atoms with Gasteiger partial charge in [-0.2, -0.15) is 13.2 Å². The second-order valence-electron chi connectivity index (χ2n) is 2.17. The van der Waals surface area contributed by atoms with Crippen LogP contribution in [0.15, 0.2) is 12.3 Å². The maximum Gasteiger partial charge on any atom is 0.434 e. The van der Waals surface area contributed by atoms with Gasteiger partial charge in [0.15, 0.2) is 12.0 Å². The van der Waals surface area contributed by atoms with E-state index in [-0.39, 0.29) is 9.86 Å². The lowest BCUT2D eigenvalue weighted by molar-refractivity contribution is -0.141. The van der Waals surface area contributed by atoms with E-state index in [9.17, 15) is 18.0 Å². The van der Waals surface area contributed by atoms with E-state index >= 15 is 0 Å². The molecular weight excluding hydrogens is 298 g/mol. The average Bonchev–Trinajstić information content (AvgIpc) is 2.02. The first-order valence-electron chi connectivity index (χ1n) is 3.13. The number of hydrogen-bond acceptors (Lipinski definition) is 2. The third-order valence-corrected chi connectivity index (χ3v) is 2.26. The zero-order valence-electron chi connectivity index (χ0n) is 6.10. The molecule has 0 saturated heterocycles. The van der Waals surface area contributed by atoms with Gasteiger partial charge in [0.1, 0.15) is 0 Å². The summed E-state index contributed by atoms with van der Waals surface area (Å²) in [5.41, 5.74) is -1.54. The molecule has 0 bridgehead atoms. The predicted octanol–water partition coefficient (Wildman–Crippen LogP) is 2.52. The van der Waals surface area contributed by atoms with Crippen molar-refractivity contribution in [3.05, 3.63) is 27.1 Å². The highest BCUT2D eigenvalue weighted by Crippen LogP contribution is 2.30. The molecule has 1 aromatic rings. The number of carbonyl (C=O) groups is 1. The van der Waals surface area contributed by atoms with E-state index < -0.39 is 17.4 Å². The first-order valence-corrected chi connectivity index (χ1v) is 4.21. The molecule has 0 saturated carbocycles. The van der Waals surface area contributed by atoms with E-state index in [1.165, 1.54) is 6.07 Å². The van der Waals surface area contributed by atoms with Crippen LogP contribution >= 0.6 is 22.6 Å². The molecule has 0 aliphatic heterocycles. The first kappa shape index (κ1) is 10.4. The summed E-state index contributed by atoms with van der Waals surface area (Å²) >= 11 is 1.65. The summed E-state index contributed by atoms with van der Waals surface area (Å²) in [5.74, 6) is 0. The molecule has 0 unspecified atom stereocenters. The third kappa shape index (κ3) is 2.17. The normalized spacial score (nSPS) is 11.4. The minimum atomic E-state index is -4.57. The van der Waals surface area contributed by atoms with Crippen molar-refractivity contribution in [2.24, 2.45) is 0 Å². The highest BCUT2D eigenvalue weighted by atomic mass is 127. The number of rotatable bonds is 1. The molecule has 0 atom stereocenters. The van der Waals surface area contributed by atoms with Crippen molar-refractivity contribution in [1.82, 2.24) is 4.98 Å². The lowest BCUT2D eigenvalue weighted by Crippen LogP contribution is -2.12. The molecule has 0 fully saturated rings. The molecule has 0 spiro atoms. The zero-order chi connectivity index (χ0) is 10.1. The van der Waals surface area contributed by atoms with Crippen LogP contribution in [0.1, 0.15) is 16.1 Å². The maximum absolute atomic E-state index is 12.2. The molecule has 70 valence electrons. The Morgan fingerprint density at radius 1 is 1.46 bits per heavy atom. The Bertz CT molecular complexity index is 337. The second kappa shape index (κ2) is 3.60. The number of aldehydes is 1. The lowest BCUT2D eigenvalue weighted by Gasteiger charge is -2.08. The fourth-order valence-corrected chi connectivity index (χ4v) is 1.33. The molecule has 0 radical (unpaired) electrons. The van der Waals surface area contributed by atoms with E-state index in [1.807, 2.05) is 0 Å². The van der Waals surface area contributed by atoms with Gasteiger partial charge in [-0.3, -0.25) is 9.78 Å². The highest BCUT2D eigenvalue weighted by Gasteiger charge is 2.35. The minimum Gasteiger partial charge on any atom is -0.298 e. The number of carbonyl (C=O) groups excluding carboxylic acids is 1. The summed E-state index contributed by atoms with van der Waals surface area (Å²) in [6, 6.07) is 1.35. The monoisotopic (exact) mass is 301 g/mol. The third-order valence-electron chi connectivity index (χ3n) is 1.32. The first-order chi connectivity index (χ1) is 5.96. The zero-order valence-corrected chi connectivity index (χ0v) is 8.26. The lowest BCUT2D eigenvalue weighted by atomic mass is 10.2. The molecule has 0 N–H and O–H groups in total. The minimum absolute atomic E-state index is 0.164. The molecule has 1 rings (SSSR count).